The van der Waals surface area contributed by atoms with Gasteiger partial charge in [0.1, 0.15) is 0 Å². The molecule has 1 aliphatic carbocycles. The first kappa shape index (κ1) is 13.2. The molecule has 1 heterocycles. The summed E-state index contributed by atoms with van der Waals surface area (Å²) < 4.78 is 1.09. The molecule has 0 spiro atoms. The van der Waals surface area contributed by atoms with Crippen LogP contribution in [0.4, 0.5) is 5.13 Å². The second-order valence-corrected chi connectivity index (χ2v) is 6.93. The van der Waals surface area contributed by atoms with E-state index in [9.17, 15) is 0 Å². The van der Waals surface area contributed by atoms with Gasteiger partial charge in [0, 0.05) is 6.54 Å². The van der Waals surface area contributed by atoms with E-state index in [0.29, 0.717) is 5.41 Å². The van der Waals surface area contributed by atoms with Gasteiger partial charge in [-0.3, -0.25) is 0 Å². The quantitative estimate of drug-likeness (QED) is 0.824. The van der Waals surface area contributed by atoms with Gasteiger partial charge in [-0.1, -0.05) is 48.8 Å². The summed E-state index contributed by atoms with van der Waals surface area (Å²) in [6.45, 7) is 3.35. The number of aromatic nitrogens is 1. The van der Waals surface area contributed by atoms with Crippen LogP contribution >= 0.6 is 22.9 Å². The number of fused-ring (bicyclic) bond motifs is 1. The second-order valence-electron chi connectivity index (χ2n) is 5.52. The number of nitrogens with one attached hydrogen (secondary N) is 1. The molecule has 2 aromatic rings. The van der Waals surface area contributed by atoms with E-state index in [1.165, 1.54) is 32.1 Å². The van der Waals surface area contributed by atoms with Crippen LogP contribution in [0.15, 0.2) is 18.2 Å². The van der Waals surface area contributed by atoms with Crippen LogP contribution < -0.4 is 5.32 Å². The summed E-state index contributed by atoms with van der Waals surface area (Å²) >= 11 is 7.86. The lowest BCUT2D eigenvalue weighted by Gasteiger charge is -2.27. The van der Waals surface area contributed by atoms with Crippen molar-refractivity contribution in [3.8, 4) is 0 Å². The van der Waals surface area contributed by atoms with Crippen molar-refractivity contribution < 1.29 is 0 Å². The predicted octanol–water partition coefficient (Wildman–Crippen LogP) is 5.33. The molecule has 4 heteroatoms. The molecule has 3 rings (SSSR count). The van der Waals surface area contributed by atoms with E-state index in [1.54, 1.807) is 11.3 Å². The standard InChI is InChI=1S/C15H19ClN2S/c1-2-15(8-3-4-9-15)10-17-14-18-12-7-5-6-11(16)13(12)19-14/h5-7H,2-4,8-10H2,1H3,(H,17,18). The summed E-state index contributed by atoms with van der Waals surface area (Å²) in [7, 11) is 0. The fourth-order valence-corrected chi connectivity index (χ4v) is 4.19. The Bertz CT molecular complexity index is 573. The van der Waals surface area contributed by atoms with E-state index in [2.05, 4.69) is 17.2 Å². The molecule has 102 valence electrons. The van der Waals surface area contributed by atoms with E-state index in [-0.39, 0.29) is 0 Å². The number of halogens is 1. The van der Waals surface area contributed by atoms with E-state index in [4.69, 9.17) is 11.6 Å². The fourth-order valence-electron chi connectivity index (χ4n) is 3.03. The highest BCUT2D eigenvalue weighted by molar-refractivity contribution is 7.22. The minimum absolute atomic E-state index is 0.488. The third-order valence-electron chi connectivity index (χ3n) is 4.40. The molecule has 0 bridgehead atoms. The van der Waals surface area contributed by atoms with Crippen molar-refractivity contribution in [1.29, 1.82) is 0 Å². The Morgan fingerprint density at radius 2 is 2.16 bits per heavy atom. The van der Waals surface area contributed by atoms with Gasteiger partial charge in [0.2, 0.25) is 0 Å². The zero-order valence-electron chi connectivity index (χ0n) is 11.2. The van der Waals surface area contributed by atoms with Gasteiger partial charge in [-0.05, 0) is 36.8 Å². The van der Waals surface area contributed by atoms with Gasteiger partial charge < -0.3 is 5.32 Å². The Morgan fingerprint density at radius 3 is 2.84 bits per heavy atom. The van der Waals surface area contributed by atoms with Crippen LogP contribution in [0.1, 0.15) is 39.0 Å². The molecule has 0 radical (unpaired) electrons. The normalized spacial score (nSPS) is 18.0. The third kappa shape index (κ3) is 2.59. The number of rotatable bonds is 4. The zero-order valence-corrected chi connectivity index (χ0v) is 12.8. The van der Waals surface area contributed by atoms with Crippen LogP contribution in [0, 0.1) is 5.41 Å². The summed E-state index contributed by atoms with van der Waals surface area (Å²) in [5, 5.41) is 5.35. The highest BCUT2D eigenvalue weighted by atomic mass is 35.5. The van der Waals surface area contributed by atoms with Crippen molar-refractivity contribution in [2.75, 3.05) is 11.9 Å². The SMILES string of the molecule is CCC1(CNc2nc3cccc(Cl)c3s2)CCCC1. The number of thiazole rings is 1. The number of hydrogen-bond acceptors (Lipinski definition) is 3. The van der Waals surface area contributed by atoms with Crippen molar-refractivity contribution >= 4 is 38.3 Å². The monoisotopic (exact) mass is 294 g/mol. The fraction of sp³-hybridized carbons (Fsp3) is 0.533. The maximum absolute atomic E-state index is 6.19. The molecule has 0 aliphatic heterocycles. The lowest BCUT2D eigenvalue weighted by Crippen LogP contribution is -2.25. The van der Waals surface area contributed by atoms with Crippen LogP contribution in [0.25, 0.3) is 10.2 Å². The van der Waals surface area contributed by atoms with Crippen LogP contribution in [-0.2, 0) is 0 Å². The molecule has 1 aromatic carbocycles. The Hall–Kier alpha value is -0.800. The van der Waals surface area contributed by atoms with Crippen molar-refractivity contribution in [2.24, 2.45) is 5.41 Å². The summed E-state index contributed by atoms with van der Waals surface area (Å²) in [5.41, 5.74) is 1.48. The molecule has 1 N–H and O–H groups in total. The molecule has 1 aliphatic rings. The molecule has 1 aromatic heterocycles. The molecular formula is C15H19ClN2S. The Kier molecular flexibility index (Phi) is 3.68. The molecule has 19 heavy (non-hydrogen) atoms. The summed E-state index contributed by atoms with van der Waals surface area (Å²) in [6.07, 6.45) is 6.71. The van der Waals surface area contributed by atoms with Gasteiger partial charge in [-0.25, -0.2) is 4.98 Å². The van der Waals surface area contributed by atoms with Crippen molar-refractivity contribution in [3.05, 3.63) is 23.2 Å². The van der Waals surface area contributed by atoms with Crippen LogP contribution in [0.5, 0.6) is 0 Å². The molecule has 1 fully saturated rings. The lowest BCUT2D eigenvalue weighted by atomic mass is 9.83. The van der Waals surface area contributed by atoms with E-state index >= 15 is 0 Å². The van der Waals surface area contributed by atoms with E-state index in [1.807, 2.05) is 18.2 Å². The minimum atomic E-state index is 0.488. The second kappa shape index (κ2) is 5.29. The van der Waals surface area contributed by atoms with Gasteiger partial charge in [0.25, 0.3) is 0 Å². The number of benzene rings is 1. The first-order valence-corrected chi connectivity index (χ1v) is 8.21. The average molecular weight is 295 g/mol. The number of hydrogen-bond donors (Lipinski definition) is 1. The van der Waals surface area contributed by atoms with Gasteiger partial charge in [0.05, 0.1) is 15.2 Å². The van der Waals surface area contributed by atoms with Gasteiger partial charge in [-0.15, -0.1) is 0 Å². The van der Waals surface area contributed by atoms with Crippen molar-refractivity contribution in [2.45, 2.75) is 39.0 Å². The highest BCUT2D eigenvalue weighted by Gasteiger charge is 2.31. The third-order valence-corrected chi connectivity index (χ3v) is 5.88. The largest absolute Gasteiger partial charge is 0.361 e. The predicted molar refractivity (Wildman–Crippen MR) is 84.3 cm³/mol. The summed E-state index contributed by atoms with van der Waals surface area (Å²) in [6, 6.07) is 5.91. The molecule has 0 atom stereocenters. The maximum atomic E-state index is 6.19. The smallest absolute Gasteiger partial charge is 0.183 e. The Morgan fingerprint density at radius 1 is 1.37 bits per heavy atom. The summed E-state index contributed by atoms with van der Waals surface area (Å²) in [4.78, 5) is 4.62. The molecule has 2 nitrogen and oxygen atoms in total. The summed E-state index contributed by atoms with van der Waals surface area (Å²) in [5.74, 6) is 0. The van der Waals surface area contributed by atoms with Gasteiger partial charge in [0.15, 0.2) is 5.13 Å². The molecule has 0 saturated heterocycles. The van der Waals surface area contributed by atoms with Crippen LogP contribution in [0.2, 0.25) is 5.02 Å². The molecule has 0 unspecified atom stereocenters. The molecule has 0 amide bonds. The van der Waals surface area contributed by atoms with Crippen molar-refractivity contribution in [1.82, 2.24) is 4.98 Å². The van der Waals surface area contributed by atoms with Crippen molar-refractivity contribution in [3.63, 3.8) is 0 Å². The van der Waals surface area contributed by atoms with E-state index in [0.717, 1.165) is 26.9 Å². The first-order chi connectivity index (χ1) is 9.22. The van der Waals surface area contributed by atoms with Crippen LogP contribution in [-0.4, -0.2) is 11.5 Å². The van der Waals surface area contributed by atoms with Crippen LogP contribution in [0.3, 0.4) is 0 Å². The Labute approximate surface area is 123 Å². The topological polar surface area (TPSA) is 24.9 Å². The van der Waals surface area contributed by atoms with Gasteiger partial charge >= 0.3 is 0 Å². The average Bonchev–Trinajstić information content (AvgIpc) is 3.04. The lowest BCUT2D eigenvalue weighted by molar-refractivity contribution is 0.307. The minimum Gasteiger partial charge on any atom is -0.361 e. The Balaban J connectivity index is 1.76. The maximum Gasteiger partial charge on any atom is 0.183 e. The van der Waals surface area contributed by atoms with Gasteiger partial charge in [-0.2, -0.15) is 0 Å². The van der Waals surface area contributed by atoms with E-state index < -0.39 is 0 Å². The zero-order chi connectivity index (χ0) is 13.3. The number of nitrogens with zero attached hydrogens (tertiary/aromatic N) is 1. The number of anilines is 1. The molecular weight excluding hydrogens is 276 g/mol. The first-order valence-electron chi connectivity index (χ1n) is 7.01. The highest BCUT2D eigenvalue weighted by Crippen LogP contribution is 2.41. The molecule has 1 saturated carbocycles.